The zero-order chi connectivity index (χ0) is 31.8. The summed E-state index contributed by atoms with van der Waals surface area (Å²) in [5, 5.41) is 20.5. The van der Waals surface area contributed by atoms with Gasteiger partial charge in [-0.15, -0.1) is 0 Å². The van der Waals surface area contributed by atoms with Crippen LogP contribution in [0.3, 0.4) is 0 Å². The van der Waals surface area contributed by atoms with E-state index in [0.29, 0.717) is 13.2 Å². The fourth-order valence-corrected chi connectivity index (χ4v) is 6.29. The van der Waals surface area contributed by atoms with Gasteiger partial charge in [0, 0.05) is 0 Å². The van der Waals surface area contributed by atoms with Gasteiger partial charge in [-0.25, -0.2) is 0 Å². The molecule has 0 unspecified atom stereocenters. The molecule has 43 heavy (non-hydrogen) atoms. The van der Waals surface area contributed by atoms with Gasteiger partial charge >= 0.3 is 28.7 Å². The van der Waals surface area contributed by atoms with Gasteiger partial charge in [-0.05, 0) is 55.4 Å². The van der Waals surface area contributed by atoms with Crippen molar-refractivity contribution in [2.75, 3.05) is 13.2 Å². The number of ether oxygens (including phenoxy) is 10. The topological polar surface area (TPSA) is 133 Å². The Morgan fingerprint density at radius 2 is 0.814 bits per heavy atom. The van der Waals surface area contributed by atoms with Crippen molar-refractivity contribution in [1.29, 1.82) is 0 Å². The first-order chi connectivity index (χ1) is 20.0. The molecule has 1 aliphatic carbocycles. The zero-order valence-corrected chi connectivity index (χ0v) is 28.9. The molecule has 1 saturated carbocycles. The molecule has 248 valence electrons. The van der Waals surface area contributed by atoms with Crippen molar-refractivity contribution >= 4 is 9.30 Å². The van der Waals surface area contributed by atoms with E-state index in [9.17, 15) is 10.2 Å². The van der Waals surface area contributed by atoms with E-state index in [1.807, 2.05) is 27.7 Å². The van der Waals surface area contributed by atoms with Crippen LogP contribution in [0.15, 0.2) is 0 Å². The predicted molar refractivity (Wildman–Crippen MR) is 148 cm³/mol. The fourth-order valence-electron chi connectivity index (χ4n) is 6.29. The molecule has 0 radical (unpaired) electrons. The summed E-state index contributed by atoms with van der Waals surface area (Å²) in [4.78, 5) is 0. The standard InChI is InChI=1S/2C12H20O6.C5H10.ClH.Ti/c2*1-11(2)14-5-6(16-11)8-7(13)9-10(15-8)18-12(3,4)17-9;1-2-4-5-3-1;;/h2*6-10,13H,5H2,1-4H3;1-5H2;1H;/q;;;;+2/p-1/t2*6-,7+,8-,9-,10-;;;/m00.../s1. The monoisotopic (exact) mass is 673 g/mol. The minimum atomic E-state index is -0.765. The third kappa shape index (κ3) is 9.12. The second-order valence-corrected chi connectivity index (χ2v) is 13.6. The van der Waals surface area contributed by atoms with E-state index < -0.39 is 72.4 Å². The first kappa shape index (κ1) is 36.4. The molecule has 12 nitrogen and oxygen atoms in total. The summed E-state index contributed by atoms with van der Waals surface area (Å²) in [6, 6.07) is 0. The predicted octanol–water partition coefficient (Wildman–Crippen LogP) is 3.39. The van der Waals surface area contributed by atoms with Crippen LogP contribution in [0.1, 0.15) is 87.5 Å². The van der Waals surface area contributed by atoms with Crippen molar-refractivity contribution in [2.24, 2.45) is 0 Å². The molecule has 0 aromatic carbocycles. The normalized spacial score (nSPS) is 44.3. The molecule has 6 heterocycles. The van der Waals surface area contributed by atoms with E-state index in [4.69, 9.17) is 47.4 Å². The number of aliphatic hydroxyl groups is 2. The van der Waals surface area contributed by atoms with Crippen LogP contribution in [0, 0.1) is 0 Å². The van der Waals surface area contributed by atoms with E-state index in [1.165, 1.54) is 51.5 Å². The van der Waals surface area contributed by atoms with Crippen LogP contribution in [0.5, 0.6) is 0 Å². The molecule has 10 atom stereocenters. The van der Waals surface area contributed by atoms with Gasteiger partial charge < -0.3 is 57.6 Å². The maximum atomic E-state index is 10.3. The van der Waals surface area contributed by atoms with E-state index in [1.54, 1.807) is 27.7 Å². The quantitative estimate of drug-likeness (QED) is 0.417. The van der Waals surface area contributed by atoms with Crippen LogP contribution in [0.25, 0.3) is 0 Å². The summed E-state index contributed by atoms with van der Waals surface area (Å²) in [6.45, 7) is 15.4. The van der Waals surface area contributed by atoms with Gasteiger partial charge in [-0.2, -0.15) is 0 Å². The number of fused-ring (bicyclic) bond motifs is 2. The third-order valence-electron chi connectivity index (χ3n) is 8.15. The molecule has 7 rings (SSSR count). The molecule has 14 heteroatoms. The summed E-state index contributed by atoms with van der Waals surface area (Å²) in [6.07, 6.45) is 2.44. The number of rotatable bonds is 2. The first-order valence-electron chi connectivity index (χ1n) is 15.3. The molecule has 0 aromatic rings. The van der Waals surface area contributed by atoms with Gasteiger partial charge in [0.2, 0.25) is 0 Å². The molecule has 0 bridgehead atoms. The fraction of sp³-hybridized carbons (Fsp3) is 1.00. The van der Waals surface area contributed by atoms with Gasteiger partial charge in [0.15, 0.2) is 35.7 Å². The van der Waals surface area contributed by atoms with Crippen molar-refractivity contribution < 1.29 is 77.0 Å². The van der Waals surface area contributed by atoms with Crippen molar-refractivity contribution in [1.82, 2.24) is 0 Å². The molecule has 6 aliphatic heterocycles. The molecule has 2 N–H and O–H groups in total. The van der Waals surface area contributed by atoms with Crippen LogP contribution in [-0.4, -0.2) is 108 Å². The Morgan fingerprint density at radius 1 is 0.488 bits per heavy atom. The summed E-state index contributed by atoms with van der Waals surface area (Å²) in [5.74, 6) is -2.69. The summed E-state index contributed by atoms with van der Waals surface area (Å²) < 4.78 is 56.2. The van der Waals surface area contributed by atoms with Gasteiger partial charge in [0.25, 0.3) is 0 Å². The Morgan fingerprint density at radius 3 is 1.07 bits per heavy atom. The zero-order valence-electron chi connectivity index (χ0n) is 26.6. The van der Waals surface area contributed by atoms with Crippen LogP contribution >= 0.6 is 9.30 Å². The van der Waals surface area contributed by atoms with Crippen molar-refractivity contribution in [2.45, 2.75) is 172 Å². The molecule has 7 aliphatic rings. The van der Waals surface area contributed by atoms with E-state index >= 15 is 0 Å². The molecular formula is C29H50ClO12Ti+. The number of aliphatic hydroxyl groups excluding tert-OH is 2. The van der Waals surface area contributed by atoms with Gasteiger partial charge in [-0.3, -0.25) is 0 Å². The van der Waals surface area contributed by atoms with E-state index in [2.05, 4.69) is 9.30 Å². The number of halogens is 1. The minimum absolute atomic E-state index is 0.295. The molecule has 7 fully saturated rings. The summed E-state index contributed by atoms with van der Waals surface area (Å²) in [7, 11) is 4.64. The Balaban J connectivity index is 0.000000162. The van der Waals surface area contributed by atoms with Crippen molar-refractivity contribution in [3.05, 3.63) is 0 Å². The third-order valence-corrected chi connectivity index (χ3v) is 8.15. The molecule has 0 aromatic heterocycles. The SMILES string of the molecule is C1CCCC1.CC1(C)O[C@@H]2O[C@@H]([C@@H]3COC(C)(C)O3)[C@@H](O)[C@@H]2O1.CC1(C)O[C@@H]2O[C@@H]([C@@H]3COC(C)(C)O3)[C@@H](O)[C@@H]2O1.[Cl][Ti+]. The number of hydrogen-bond donors (Lipinski definition) is 2. The van der Waals surface area contributed by atoms with Gasteiger partial charge in [0.1, 0.15) is 48.8 Å². The average molecular weight is 674 g/mol. The van der Waals surface area contributed by atoms with Crippen molar-refractivity contribution in [3.63, 3.8) is 0 Å². The Bertz CT molecular complexity index is 829. The Kier molecular flexibility index (Phi) is 12.1. The molecule has 0 spiro atoms. The average Bonchev–Trinajstić information content (AvgIpc) is 3.76. The maximum absolute atomic E-state index is 10.3. The summed E-state index contributed by atoms with van der Waals surface area (Å²) in [5.41, 5.74) is 0. The Hall–Kier alpha value is 0.524. The van der Waals surface area contributed by atoms with Gasteiger partial charge in [0.05, 0.1) is 13.2 Å². The first-order valence-corrected chi connectivity index (χ1v) is 17.4. The van der Waals surface area contributed by atoms with Crippen LogP contribution in [0.4, 0.5) is 0 Å². The number of hydrogen-bond acceptors (Lipinski definition) is 12. The van der Waals surface area contributed by atoms with Crippen LogP contribution < -0.4 is 0 Å². The van der Waals surface area contributed by atoms with Crippen LogP contribution in [0.2, 0.25) is 0 Å². The van der Waals surface area contributed by atoms with E-state index in [0.717, 1.165) is 0 Å². The Labute approximate surface area is 270 Å². The molecule has 0 amide bonds. The second-order valence-electron chi connectivity index (χ2n) is 13.6. The van der Waals surface area contributed by atoms with Crippen molar-refractivity contribution in [3.8, 4) is 0 Å². The van der Waals surface area contributed by atoms with E-state index in [-0.39, 0.29) is 12.2 Å². The molecular weight excluding hydrogens is 624 g/mol. The van der Waals surface area contributed by atoms with Crippen LogP contribution in [-0.2, 0) is 66.7 Å². The van der Waals surface area contributed by atoms with Gasteiger partial charge in [-0.1, -0.05) is 32.1 Å². The second kappa shape index (κ2) is 14.3. The summed E-state index contributed by atoms with van der Waals surface area (Å²) >= 11 is 1.47. The molecule has 6 saturated heterocycles.